The second-order valence-electron chi connectivity index (χ2n) is 3.09. The van der Waals surface area contributed by atoms with E-state index in [0.717, 1.165) is 20.1 Å². The summed E-state index contributed by atoms with van der Waals surface area (Å²) in [5.74, 6) is 0. The van der Waals surface area contributed by atoms with E-state index >= 15 is 0 Å². The lowest BCUT2D eigenvalue weighted by Gasteiger charge is -2.11. The number of nitrogens with two attached hydrogens (primary N) is 1. The summed E-state index contributed by atoms with van der Waals surface area (Å²) in [6.07, 6.45) is 3.54. The van der Waals surface area contributed by atoms with Crippen molar-refractivity contribution in [2.45, 2.75) is 6.04 Å². The minimum Gasteiger partial charge on any atom is -0.320 e. The lowest BCUT2D eigenvalue weighted by Crippen LogP contribution is -2.11. The second kappa shape index (κ2) is 4.74. The monoisotopic (exact) mass is 346 g/mol. The zero-order chi connectivity index (χ0) is 10.8. The van der Waals surface area contributed by atoms with Gasteiger partial charge in [-0.05, 0) is 54.4 Å². The first kappa shape index (κ1) is 11.3. The maximum Gasteiger partial charge on any atom is 0.0586 e. The van der Waals surface area contributed by atoms with Crippen LogP contribution in [0.25, 0.3) is 0 Å². The van der Waals surface area contributed by atoms with Crippen LogP contribution >= 0.6 is 43.2 Å². The molecule has 2 heterocycles. The lowest BCUT2D eigenvalue weighted by atomic mass is 10.0. The highest BCUT2D eigenvalue weighted by Crippen LogP contribution is 2.30. The van der Waals surface area contributed by atoms with E-state index in [1.807, 2.05) is 11.4 Å². The van der Waals surface area contributed by atoms with Crippen molar-refractivity contribution >= 4 is 43.2 Å². The molecular formula is C10H8Br2N2S. The van der Waals surface area contributed by atoms with Gasteiger partial charge in [-0.15, -0.1) is 0 Å². The zero-order valence-electron chi connectivity index (χ0n) is 7.65. The largest absolute Gasteiger partial charge is 0.320 e. The Labute approximate surface area is 109 Å². The average molecular weight is 348 g/mol. The molecule has 2 aromatic rings. The van der Waals surface area contributed by atoms with Gasteiger partial charge in [0.05, 0.1) is 6.04 Å². The number of thiophene rings is 1. The van der Waals surface area contributed by atoms with Gasteiger partial charge in [-0.2, -0.15) is 11.3 Å². The van der Waals surface area contributed by atoms with Crippen LogP contribution in [0.2, 0.25) is 0 Å². The van der Waals surface area contributed by atoms with Gasteiger partial charge >= 0.3 is 0 Å². The molecule has 2 aromatic heterocycles. The van der Waals surface area contributed by atoms with Crippen LogP contribution in [-0.4, -0.2) is 4.98 Å². The van der Waals surface area contributed by atoms with Crippen LogP contribution in [0, 0.1) is 0 Å². The SMILES string of the molecule is NC(c1cncc(Br)c1)c1cscc1Br. The highest BCUT2D eigenvalue weighted by Gasteiger charge is 2.13. The fourth-order valence-corrected chi connectivity index (χ4v) is 3.25. The van der Waals surface area contributed by atoms with Crippen LogP contribution in [0.4, 0.5) is 0 Å². The Morgan fingerprint density at radius 1 is 1.27 bits per heavy atom. The minimum absolute atomic E-state index is 0.129. The number of halogens is 2. The van der Waals surface area contributed by atoms with Crippen molar-refractivity contribution in [3.05, 3.63) is 49.3 Å². The van der Waals surface area contributed by atoms with Gasteiger partial charge in [-0.3, -0.25) is 4.98 Å². The Morgan fingerprint density at radius 3 is 2.67 bits per heavy atom. The molecule has 0 amide bonds. The van der Waals surface area contributed by atoms with E-state index in [1.54, 1.807) is 23.7 Å². The molecule has 78 valence electrons. The van der Waals surface area contributed by atoms with Gasteiger partial charge in [-0.1, -0.05) is 0 Å². The number of aromatic nitrogens is 1. The molecule has 0 aliphatic carbocycles. The van der Waals surface area contributed by atoms with E-state index in [1.165, 1.54) is 0 Å². The number of pyridine rings is 1. The quantitative estimate of drug-likeness (QED) is 0.899. The third-order valence-electron chi connectivity index (χ3n) is 2.06. The maximum atomic E-state index is 6.15. The predicted octanol–water partition coefficient (Wildman–Crippen LogP) is 3.72. The Bertz CT molecular complexity index is 470. The highest BCUT2D eigenvalue weighted by molar-refractivity contribution is 9.10. The Hall–Kier alpha value is -0.230. The van der Waals surface area contributed by atoms with E-state index in [2.05, 4.69) is 42.2 Å². The van der Waals surface area contributed by atoms with Crippen LogP contribution in [0.5, 0.6) is 0 Å². The summed E-state index contributed by atoms with van der Waals surface area (Å²) in [7, 11) is 0. The summed E-state index contributed by atoms with van der Waals surface area (Å²) in [5.41, 5.74) is 8.25. The van der Waals surface area contributed by atoms with Gasteiger partial charge in [0, 0.05) is 26.7 Å². The van der Waals surface area contributed by atoms with Gasteiger partial charge in [-0.25, -0.2) is 0 Å². The maximum absolute atomic E-state index is 6.15. The summed E-state index contributed by atoms with van der Waals surface area (Å²) in [4.78, 5) is 4.11. The lowest BCUT2D eigenvalue weighted by molar-refractivity contribution is 0.862. The molecule has 2 N–H and O–H groups in total. The number of nitrogens with zero attached hydrogens (tertiary/aromatic N) is 1. The topological polar surface area (TPSA) is 38.9 Å². The third kappa shape index (κ3) is 2.47. The number of hydrogen-bond acceptors (Lipinski definition) is 3. The third-order valence-corrected chi connectivity index (χ3v) is 4.25. The molecule has 5 heteroatoms. The Balaban J connectivity index is 2.36. The first-order chi connectivity index (χ1) is 7.18. The second-order valence-corrected chi connectivity index (χ2v) is 5.60. The molecule has 15 heavy (non-hydrogen) atoms. The number of hydrogen-bond donors (Lipinski definition) is 1. The normalized spacial score (nSPS) is 12.7. The molecule has 1 unspecified atom stereocenters. The van der Waals surface area contributed by atoms with Crippen LogP contribution in [0.1, 0.15) is 17.2 Å². The summed E-state index contributed by atoms with van der Waals surface area (Å²) in [6.45, 7) is 0. The summed E-state index contributed by atoms with van der Waals surface area (Å²) >= 11 is 8.50. The molecule has 0 aliphatic rings. The van der Waals surface area contributed by atoms with Crippen molar-refractivity contribution < 1.29 is 0 Å². The molecule has 0 saturated heterocycles. The highest BCUT2D eigenvalue weighted by atomic mass is 79.9. The van der Waals surface area contributed by atoms with Gasteiger partial charge in [0.25, 0.3) is 0 Å². The molecule has 2 nitrogen and oxygen atoms in total. The Morgan fingerprint density at radius 2 is 2.07 bits per heavy atom. The number of rotatable bonds is 2. The zero-order valence-corrected chi connectivity index (χ0v) is 11.6. The van der Waals surface area contributed by atoms with Crippen molar-refractivity contribution in [3.63, 3.8) is 0 Å². The molecular weight excluding hydrogens is 340 g/mol. The molecule has 1 atom stereocenters. The molecule has 0 radical (unpaired) electrons. The molecule has 0 spiro atoms. The van der Waals surface area contributed by atoms with Gasteiger partial charge in [0.1, 0.15) is 0 Å². The van der Waals surface area contributed by atoms with Crippen molar-refractivity contribution in [1.29, 1.82) is 0 Å². The van der Waals surface area contributed by atoms with Crippen LogP contribution in [0.15, 0.2) is 38.2 Å². The van der Waals surface area contributed by atoms with Crippen molar-refractivity contribution in [2.24, 2.45) is 5.73 Å². The average Bonchev–Trinajstić information content (AvgIpc) is 2.63. The molecule has 0 saturated carbocycles. The van der Waals surface area contributed by atoms with Crippen molar-refractivity contribution in [3.8, 4) is 0 Å². The van der Waals surface area contributed by atoms with Gasteiger partial charge < -0.3 is 5.73 Å². The summed E-state index contributed by atoms with van der Waals surface area (Å²) in [5, 5.41) is 4.08. The molecule has 2 rings (SSSR count). The fourth-order valence-electron chi connectivity index (χ4n) is 1.29. The molecule has 0 fully saturated rings. The van der Waals surface area contributed by atoms with Crippen molar-refractivity contribution in [2.75, 3.05) is 0 Å². The van der Waals surface area contributed by atoms with E-state index in [-0.39, 0.29) is 6.04 Å². The first-order valence-corrected chi connectivity index (χ1v) is 6.79. The summed E-state index contributed by atoms with van der Waals surface area (Å²) < 4.78 is 2.00. The fraction of sp³-hybridized carbons (Fsp3) is 0.100. The standard InChI is InChI=1S/C10H8Br2N2S/c11-7-1-6(2-14-3-7)10(13)8-4-15-5-9(8)12/h1-5,10H,13H2. The Kier molecular flexibility index (Phi) is 3.56. The molecule has 0 aliphatic heterocycles. The first-order valence-electron chi connectivity index (χ1n) is 4.26. The van der Waals surface area contributed by atoms with Crippen LogP contribution < -0.4 is 5.73 Å². The molecule has 0 aromatic carbocycles. The van der Waals surface area contributed by atoms with Crippen molar-refractivity contribution in [1.82, 2.24) is 4.98 Å². The minimum atomic E-state index is -0.129. The van der Waals surface area contributed by atoms with Crippen LogP contribution in [0.3, 0.4) is 0 Å². The van der Waals surface area contributed by atoms with E-state index < -0.39 is 0 Å². The van der Waals surface area contributed by atoms with E-state index in [4.69, 9.17) is 5.73 Å². The van der Waals surface area contributed by atoms with Crippen LogP contribution in [-0.2, 0) is 0 Å². The van der Waals surface area contributed by atoms with Gasteiger partial charge in [0.15, 0.2) is 0 Å². The molecule has 0 bridgehead atoms. The smallest absolute Gasteiger partial charge is 0.0586 e. The van der Waals surface area contributed by atoms with E-state index in [9.17, 15) is 0 Å². The summed E-state index contributed by atoms with van der Waals surface area (Å²) in [6, 6.07) is 1.86. The van der Waals surface area contributed by atoms with Gasteiger partial charge in [0.2, 0.25) is 0 Å². The van der Waals surface area contributed by atoms with E-state index in [0.29, 0.717) is 0 Å². The predicted molar refractivity (Wildman–Crippen MR) is 70.0 cm³/mol.